The molecule has 1 aliphatic heterocycles. The number of rotatable bonds is 4. The number of nitrogens with zero attached hydrogens (tertiary/aromatic N) is 1. The van der Waals surface area contributed by atoms with E-state index in [9.17, 15) is 8.42 Å². The first-order valence-electron chi connectivity index (χ1n) is 4.43. The first-order chi connectivity index (χ1) is 6.69. The van der Waals surface area contributed by atoms with Crippen molar-refractivity contribution in [3.63, 3.8) is 0 Å². The summed E-state index contributed by atoms with van der Waals surface area (Å²) in [6.45, 7) is 3.25. The van der Waals surface area contributed by atoms with Gasteiger partial charge in [0.05, 0.1) is 0 Å². The fourth-order valence-corrected chi connectivity index (χ4v) is 3.43. The Morgan fingerprint density at radius 2 is 1.93 bits per heavy atom. The SMILES string of the molecule is CCC1C(C)N1S(=O)(=O)OCC(Cl)(Cl)Cl. The summed E-state index contributed by atoms with van der Waals surface area (Å²) in [5, 5.41) is 0. The fraction of sp³-hybridized carbons (Fsp3) is 1.00. The third-order valence-electron chi connectivity index (χ3n) is 2.24. The molecule has 1 fully saturated rings. The predicted octanol–water partition coefficient (Wildman–Crippen LogP) is 2.10. The second kappa shape index (κ2) is 4.55. The molecule has 1 rings (SSSR count). The largest absolute Gasteiger partial charge is 0.339 e. The van der Waals surface area contributed by atoms with Gasteiger partial charge in [-0.05, 0) is 13.3 Å². The Hall–Kier alpha value is 0.740. The van der Waals surface area contributed by atoms with Gasteiger partial charge in [-0.25, -0.2) is 0 Å². The summed E-state index contributed by atoms with van der Waals surface area (Å²) in [6.07, 6.45) is 0.748. The van der Waals surface area contributed by atoms with Crippen LogP contribution in [-0.4, -0.2) is 35.2 Å². The van der Waals surface area contributed by atoms with Crippen LogP contribution in [0.1, 0.15) is 20.3 Å². The zero-order valence-electron chi connectivity index (χ0n) is 8.28. The molecule has 0 aromatic rings. The van der Waals surface area contributed by atoms with Crippen molar-refractivity contribution < 1.29 is 12.6 Å². The van der Waals surface area contributed by atoms with Crippen LogP contribution in [0.15, 0.2) is 0 Å². The second-order valence-electron chi connectivity index (χ2n) is 3.38. The van der Waals surface area contributed by atoms with Gasteiger partial charge in [0.25, 0.3) is 0 Å². The van der Waals surface area contributed by atoms with Crippen molar-refractivity contribution >= 4 is 45.1 Å². The van der Waals surface area contributed by atoms with Crippen LogP contribution in [0.4, 0.5) is 0 Å². The molecule has 0 bridgehead atoms. The molecular formula is C7H12Cl3NO3S. The van der Waals surface area contributed by atoms with Gasteiger partial charge in [-0.1, -0.05) is 41.7 Å². The normalized spacial score (nSPS) is 31.7. The summed E-state index contributed by atoms with van der Waals surface area (Å²) in [6, 6.07) is -0.0271. The van der Waals surface area contributed by atoms with Gasteiger partial charge in [0, 0.05) is 12.1 Å². The quantitative estimate of drug-likeness (QED) is 0.589. The van der Waals surface area contributed by atoms with Crippen molar-refractivity contribution in [1.82, 2.24) is 4.31 Å². The Balaban J connectivity index is 2.55. The summed E-state index contributed by atoms with van der Waals surface area (Å²) in [4.78, 5) is 0. The molecule has 3 atom stereocenters. The molecule has 3 unspecified atom stereocenters. The van der Waals surface area contributed by atoms with E-state index in [4.69, 9.17) is 34.8 Å². The van der Waals surface area contributed by atoms with E-state index in [-0.39, 0.29) is 12.1 Å². The van der Waals surface area contributed by atoms with Gasteiger partial charge < -0.3 is 0 Å². The van der Waals surface area contributed by atoms with Crippen LogP contribution in [0.5, 0.6) is 0 Å². The van der Waals surface area contributed by atoms with E-state index >= 15 is 0 Å². The maximum atomic E-state index is 11.5. The Morgan fingerprint density at radius 3 is 2.27 bits per heavy atom. The lowest BCUT2D eigenvalue weighted by Gasteiger charge is -2.11. The monoisotopic (exact) mass is 295 g/mol. The van der Waals surface area contributed by atoms with Crippen molar-refractivity contribution in [3.8, 4) is 0 Å². The molecule has 0 N–H and O–H groups in total. The fourth-order valence-electron chi connectivity index (χ4n) is 1.48. The zero-order valence-corrected chi connectivity index (χ0v) is 11.4. The highest BCUT2D eigenvalue weighted by Gasteiger charge is 2.52. The predicted molar refractivity (Wildman–Crippen MR) is 60.5 cm³/mol. The molecule has 0 aliphatic carbocycles. The topological polar surface area (TPSA) is 46.4 Å². The van der Waals surface area contributed by atoms with Gasteiger partial charge in [0.1, 0.15) is 6.61 Å². The van der Waals surface area contributed by atoms with Crippen molar-refractivity contribution in [2.45, 2.75) is 36.1 Å². The van der Waals surface area contributed by atoms with Gasteiger partial charge in [-0.15, -0.1) is 0 Å². The molecule has 1 heterocycles. The smallest absolute Gasteiger partial charge is 0.253 e. The van der Waals surface area contributed by atoms with E-state index in [0.717, 1.165) is 6.42 Å². The Bertz CT molecular complexity index is 327. The number of halogens is 3. The molecule has 0 amide bonds. The molecule has 4 nitrogen and oxygen atoms in total. The number of alkyl halides is 3. The minimum absolute atomic E-state index is 0.00498. The summed E-state index contributed by atoms with van der Waals surface area (Å²) in [5.74, 6) is 0. The molecule has 0 aromatic heterocycles. The van der Waals surface area contributed by atoms with Crippen LogP contribution in [0.2, 0.25) is 0 Å². The first kappa shape index (κ1) is 13.8. The lowest BCUT2D eigenvalue weighted by molar-refractivity contribution is 0.302. The van der Waals surface area contributed by atoms with E-state index in [1.807, 2.05) is 13.8 Å². The second-order valence-corrected chi connectivity index (χ2v) is 7.41. The van der Waals surface area contributed by atoms with E-state index < -0.39 is 20.7 Å². The Morgan fingerprint density at radius 1 is 1.40 bits per heavy atom. The van der Waals surface area contributed by atoms with E-state index in [1.165, 1.54) is 4.31 Å². The number of hydrogen-bond donors (Lipinski definition) is 0. The Kier molecular flexibility index (Phi) is 4.18. The Labute approximate surface area is 105 Å². The van der Waals surface area contributed by atoms with Crippen molar-refractivity contribution in [1.29, 1.82) is 0 Å². The van der Waals surface area contributed by atoms with Crippen LogP contribution >= 0.6 is 34.8 Å². The van der Waals surface area contributed by atoms with E-state index in [1.54, 1.807) is 0 Å². The highest BCUT2D eigenvalue weighted by atomic mass is 35.6. The van der Waals surface area contributed by atoms with Crippen LogP contribution in [-0.2, 0) is 14.5 Å². The van der Waals surface area contributed by atoms with Crippen LogP contribution < -0.4 is 0 Å². The average Bonchev–Trinajstić information content (AvgIpc) is 2.73. The van der Waals surface area contributed by atoms with Gasteiger partial charge in [0.15, 0.2) is 0 Å². The molecule has 0 aromatic carbocycles. The standard InChI is InChI=1S/C7H12Cl3NO3S/c1-3-6-5(2)11(6)15(12,13)14-4-7(8,9)10/h5-6H,3-4H2,1-2H3. The molecule has 8 heteroatoms. The molecule has 1 saturated heterocycles. The first-order valence-corrected chi connectivity index (χ1v) is 6.93. The van der Waals surface area contributed by atoms with Crippen molar-refractivity contribution in [2.24, 2.45) is 0 Å². The summed E-state index contributed by atoms with van der Waals surface area (Å²) >= 11 is 16.2. The summed E-state index contributed by atoms with van der Waals surface area (Å²) in [5.41, 5.74) is 0. The van der Waals surface area contributed by atoms with Gasteiger partial charge >= 0.3 is 10.3 Å². The lowest BCUT2D eigenvalue weighted by atomic mass is 10.3. The van der Waals surface area contributed by atoms with Gasteiger partial charge in [0.2, 0.25) is 3.79 Å². The summed E-state index contributed by atoms with van der Waals surface area (Å²) in [7, 11) is -3.75. The minimum Gasteiger partial charge on any atom is -0.253 e. The highest BCUT2D eigenvalue weighted by Crippen LogP contribution is 2.36. The van der Waals surface area contributed by atoms with Crippen molar-refractivity contribution in [3.05, 3.63) is 0 Å². The van der Waals surface area contributed by atoms with Crippen LogP contribution in [0.25, 0.3) is 0 Å². The maximum absolute atomic E-state index is 11.5. The molecule has 1 aliphatic rings. The average molecular weight is 297 g/mol. The number of hydrogen-bond acceptors (Lipinski definition) is 3. The molecule has 15 heavy (non-hydrogen) atoms. The molecule has 0 spiro atoms. The van der Waals surface area contributed by atoms with Crippen molar-refractivity contribution in [2.75, 3.05) is 6.61 Å². The van der Waals surface area contributed by atoms with Crippen LogP contribution in [0.3, 0.4) is 0 Å². The van der Waals surface area contributed by atoms with Crippen LogP contribution in [0, 0.1) is 0 Å². The van der Waals surface area contributed by atoms with Gasteiger partial charge in [-0.3, -0.25) is 4.18 Å². The minimum atomic E-state index is -3.75. The molecule has 90 valence electrons. The molecular weight excluding hydrogens is 285 g/mol. The highest BCUT2D eigenvalue weighted by molar-refractivity contribution is 7.84. The summed E-state index contributed by atoms with van der Waals surface area (Å²) < 4.78 is 27.3. The molecule has 0 saturated carbocycles. The third-order valence-corrected chi connectivity index (χ3v) is 4.11. The van der Waals surface area contributed by atoms with Gasteiger partial charge in [-0.2, -0.15) is 12.7 Å². The van der Waals surface area contributed by atoms with E-state index in [0.29, 0.717) is 0 Å². The maximum Gasteiger partial charge on any atom is 0.339 e. The third kappa shape index (κ3) is 3.61. The van der Waals surface area contributed by atoms with E-state index in [2.05, 4.69) is 4.18 Å². The molecule has 0 radical (unpaired) electrons. The lowest BCUT2D eigenvalue weighted by Crippen LogP contribution is -2.24. The zero-order chi connectivity index (χ0) is 11.9.